The highest BCUT2D eigenvalue weighted by Gasteiger charge is 2.92. The second-order valence-electron chi connectivity index (χ2n) is 9.90. The van der Waals surface area contributed by atoms with Crippen LogP contribution in [0.25, 0.3) is 0 Å². The van der Waals surface area contributed by atoms with Crippen molar-refractivity contribution < 1.29 is 30.3 Å². The molecule has 178 valence electrons. The van der Waals surface area contributed by atoms with E-state index in [-0.39, 0.29) is 0 Å². The van der Waals surface area contributed by atoms with Gasteiger partial charge in [-0.05, 0) is 16.7 Å². The average molecular weight is 463 g/mol. The highest BCUT2D eigenvalue weighted by atomic mass is 16.7. The standard InChI is InChI=1S/C28H30O6/c1-25(2)27(32)24(31)22(34-28(25,27)33)21(29)23(30)26(18-12-6-3-7-13-18,19-14-8-4-9-15-19)20-16-10-5-11-17-20/h3-17,21-24,29-33H,1-2H3/t21-,22+,23?,24+,27-,28-/m0/s1. The Kier molecular flexibility index (Phi) is 5.26. The molecule has 6 atom stereocenters. The Balaban J connectivity index is 1.66. The second kappa shape index (κ2) is 7.71. The molecule has 1 aliphatic heterocycles. The predicted octanol–water partition coefficient (Wildman–Crippen LogP) is 1.96. The second-order valence-corrected chi connectivity index (χ2v) is 9.90. The van der Waals surface area contributed by atoms with Gasteiger partial charge in [0.1, 0.15) is 24.4 Å². The zero-order valence-electron chi connectivity index (χ0n) is 19.1. The van der Waals surface area contributed by atoms with Crippen LogP contribution >= 0.6 is 0 Å². The molecule has 2 fully saturated rings. The quantitative estimate of drug-likeness (QED) is 0.358. The van der Waals surface area contributed by atoms with E-state index in [9.17, 15) is 25.5 Å². The van der Waals surface area contributed by atoms with Crippen molar-refractivity contribution in [2.75, 3.05) is 0 Å². The first-order valence-corrected chi connectivity index (χ1v) is 11.5. The van der Waals surface area contributed by atoms with E-state index < -0.39 is 46.6 Å². The predicted molar refractivity (Wildman–Crippen MR) is 126 cm³/mol. The van der Waals surface area contributed by atoms with Crippen LogP contribution in [-0.2, 0) is 10.2 Å². The summed E-state index contributed by atoms with van der Waals surface area (Å²) in [5, 5.41) is 56.2. The van der Waals surface area contributed by atoms with Crippen molar-refractivity contribution in [1.82, 2.24) is 0 Å². The number of fused-ring (bicyclic) bond motifs is 1. The minimum Gasteiger partial charge on any atom is -0.389 e. The highest BCUT2D eigenvalue weighted by molar-refractivity contribution is 5.52. The number of benzene rings is 3. The fraction of sp³-hybridized carbons (Fsp3) is 0.357. The third kappa shape index (κ3) is 2.72. The number of aliphatic hydroxyl groups is 5. The molecule has 0 spiro atoms. The number of hydrogen-bond acceptors (Lipinski definition) is 6. The molecule has 0 bridgehead atoms. The molecular formula is C28H30O6. The lowest BCUT2D eigenvalue weighted by Crippen LogP contribution is -2.56. The summed E-state index contributed by atoms with van der Waals surface area (Å²) < 4.78 is 5.68. The van der Waals surface area contributed by atoms with Crippen molar-refractivity contribution in [1.29, 1.82) is 0 Å². The Bertz CT molecular complexity index is 1050. The molecule has 5 rings (SSSR count). The molecule has 1 saturated carbocycles. The first-order chi connectivity index (χ1) is 16.1. The molecule has 3 aromatic carbocycles. The van der Waals surface area contributed by atoms with Crippen molar-refractivity contribution >= 4 is 0 Å². The van der Waals surface area contributed by atoms with Crippen LogP contribution in [0.5, 0.6) is 0 Å². The maximum Gasteiger partial charge on any atom is 0.207 e. The molecule has 1 aliphatic carbocycles. The van der Waals surface area contributed by atoms with E-state index in [4.69, 9.17) is 4.74 Å². The minimum atomic E-state index is -2.01. The van der Waals surface area contributed by atoms with Gasteiger partial charge in [-0.25, -0.2) is 0 Å². The van der Waals surface area contributed by atoms with Gasteiger partial charge in [0, 0.05) is 0 Å². The fourth-order valence-corrected chi connectivity index (χ4v) is 5.94. The molecule has 6 heteroatoms. The molecule has 0 radical (unpaired) electrons. The van der Waals surface area contributed by atoms with Gasteiger partial charge >= 0.3 is 0 Å². The lowest BCUT2D eigenvalue weighted by molar-refractivity contribution is -0.209. The van der Waals surface area contributed by atoms with Gasteiger partial charge < -0.3 is 30.3 Å². The smallest absolute Gasteiger partial charge is 0.207 e. The third-order valence-corrected chi connectivity index (χ3v) is 8.09. The fourth-order valence-electron chi connectivity index (χ4n) is 5.94. The van der Waals surface area contributed by atoms with Crippen LogP contribution < -0.4 is 0 Å². The zero-order valence-corrected chi connectivity index (χ0v) is 19.1. The van der Waals surface area contributed by atoms with Gasteiger partial charge in [-0.1, -0.05) is 105 Å². The van der Waals surface area contributed by atoms with E-state index >= 15 is 0 Å². The Morgan fingerprint density at radius 2 is 1.12 bits per heavy atom. The van der Waals surface area contributed by atoms with Crippen molar-refractivity contribution in [2.24, 2.45) is 5.41 Å². The highest BCUT2D eigenvalue weighted by Crippen LogP contribution is 2.72. The van der Waals surface area contributed by atoms with E-state index in [1.165, 1.54) is 0 Å². The lowest BCUT2D eigenvalue weighted by atomic mass is 9.63. The molecule has 2 aliphatic rings. The number of ether oxygens (including phenoxy) is 1. The van der Waals surface area contributed by atoms with Gasteiger partial charge in [0.15, 0.2) is 5.60 Å². The van der Waals surface area contributed by atoms with Crippen molar-refractivity contribution in [3.63, 3.8) is 0 Å². The van der Waals surface area contributed by atoms with Gasteiger partial charge in [-0.15, -0.1) is 0 Å². The van der Waals surface area contributed by atoms with E-state index in [0.29, 0.717) is 0 Å². The number of aliphatic hydroxyl groups excluding tert-OH is 3. The Hall–Kier alpha value is -2.58. The third-order valence-electron chi connectivity index (χ3n) is 8.09. The van der Waals surface area contributed by atoms with Crippen LogP contribution in [0.1, 0.15) is 30.5 Å². The summed E-state index contributed by atoms with van der Waals surface area (Å²) in [7, 11) is 0. The molecule has 1 heterocycles. The van der Waals surface area contributed by atoms with E-state index in [0.717, 1.165) is 16.7 Å². The molecule has 1 unspecified atom stereocenters. The van der Waals surface area contributed by atoms with E-state index in [1.807, 2.05) is 91.0 Å². The molecule has 1 saturated heterocycles. The molecule has 5 N–H and O–H groups in total. The summed E-state index contributed by atoms with van der Waals surface area (Å²) in [6.07, 6.45) is -6.16. The van der Waals surface area contributed by atoms with E-state index in [2.05, 4.69) is 0 Å². The molecular weight excluding hydrogens is 432 g/mol. The molecule has 0 aromatic heterocycles. The topological polar surface area (TPSA) is 110 Å². The van der Waals surface area contributed by atoms with Crippen LogP contribution in [-0.4, -0.2) is 61.3 Å². The largest absolute Gasteiger partial charge is 0.389 e. The summed E-state index contributed by atoms with van der Waals surface area (Å²) in [5.41, 5.74) is -2.10. The Morgan fingerprint density at radius 3 is 1.44 bits per heavy atom. The summed E-state index contributed by atoms with van der Waals surface area (Å²) in [4.78, 5) is 0. The van der Waals surface area contributed by atoms with Gasteiger partial charge in [0.25, 0.3) is 0 Å². The summed E-state index contributed by atoms with van der Waals surface area (Å²) >= 11 is 0. The Morgan fingerprint density at radius 1 is 0.735 bits per heavy atom. The molecule has 3 aromatic rings. The average Bonchev–Trinajstić information content (AvgIpc) is 3.07. The monoisotopic (exact) mass is 462 g/mol. The summed E-state index contributed by atoms with van der Waals surface area (Å²) in [5.74, 6) is -2.01. The van der Waals surface area contributed by atoms with Gasteiger partial charge in [0.05, 0.1) is 10.8 Å². The first-order valence-electron chi connectivity index (χ1n) is 11.5. The summed E-state index contributed by atoms with van der Waals surface area (Å²) in [6.45, 7) is 3.16. The van der Waals surface area contributed by atoms with Crippen LogP contribution in [0.2, 0.25) is 0 Å². The van der Waals surface area contributed by atoms with Crippen LogP contribution in [0.4, 0.5) is 0 Å². The van der Waals surface area contributed by atoms with Crippen molar-refractivity contribution in [3.8, 4) is 0 Å². The Labute approximate surface area is 198 Å². The molecule has 6 nitrogen and oxygen atoms in total. The summed E-state index contributed by atoms with van der Waals surface area (Å²) in [6, 6.07) is 28.1. The van der Waals surface area contributed by atoms with Gasteiger partial charge in [-0.3, -0.25) is 0 Å². The van der Waals surface area contributed by atoms with Gasteiger partial charge in [0.2, 0.25) is 5.79 Å². The molecule has 0 amide bonds. The SMILES string of the molecule is CC1(C)[C@]2(O)O[C@H]([C@H](O)C(O)C(c3ccccc3)(c3ccccc3)c3ccccc3)[C@@H](O)[C@]12O. The maximum atomic E-state index is 12.0. The van der Waals surface area contributed by atoms with Crippen molar-refractivity contribution in [3.05, 3.63) is 108 Å². The lowest BCUT2D eigenvalue weighted by Gasteiger charge is -2.44. The van der Waals surface area contributed by atoms with E-state index in [1.54, 1.807) is 13.8 Å². The molecule has 34 heavy (non-hydrogen) atoms. The van der Waals surface area contributed by atoms with Crippen LogP contribution in [0, 0.1) is 5.41 Å². The van der Waals surface area contributed by atoms with Crippen LogP contribution in [0.3, 0.4) is 0 Å². The zero-order chi connectivity index (χ0) is 24.4. The number of hydrogen-bond donors (Lipinski definition) is 5. The van der Waals surface area contributed by atoms with Crippen molar-refractivity contribution in [2.45, 2.75) is 55.1 Å². The normalized spacial score (nSPS) is 31.5. The minimum absolute atomic E-state index is 0.731. The van der Waals surface area contributed by atoms with Gasteiger partial charge in [-0.2, -0.15) is 0 Å². The maximum absolute atomic E-state index is 12.0. The first kappa shape index (κ1) is 23.2. The van der Waals surface area contributed by atoms with Crippen LogP contribution in [0.15, 0.2) is 91.0 Å². The number of rotatable bonds is 6.